The zero-order valence-electron chi connectivity index (χ0n) is 12.8. The van der Waals surface area contributed by atoms with Gasteiger partial charge in [0.05, 0.1) is 5.25 Å². The lowest BCUT2D eigenvalue weighted by Crippen LogP contribution is -2.25. The smallest absolute Gasteiger partial charge is 0.237 e. The largest absolute Gasteiger partial charge is 0.325 e. The summed E-state index contributed by atoms with van der Waals surface area (Å²) in [5.74, 6) is 0.871. The number of carbonyl (C=O) groups excluding carboxylic acids is 1. The van der Waals surface area contributed by atoms with Crippen LogP contribution in [0, 0.1) is 6.92 Å². The van der Waals surface area contributed by atoms with Crippen molar-refractivity contribution in [2.45, 2.75) is 31.3 Å². The Labute approximate surface area is 141 Å². The SMILES string of the molecule is CCC(SCc1ccccc1)C(=O)Nc1cccc(Cl)c1C. The fraction of sp³-hybridized carbons (Fsp3) is 0.278. The second kappa shape index (κ2) is 8.25. The molecule has 0 heterocycles. The van der Waals surface area contributed by atoms with Crippen molar-refractivity contribution >= 4 is 35.0 Å². The van der Waals surface area contributed by atoms with Crippen LogP contribution in [0.4, 0.5) is 5.69 Å². The lowest BCUT2D eigenvalue weighted by molar-refractivity contribution is -0.115. The monoisotopic (exact) mass is 333 g/mol. The third kappa shape index (κ3) is 4.52. The Morgan fingerprint density at radius 1 is 1.18 bits per heavy atom. The van der Waals surface area contributed by atoms with Gasteiger partial charge in [0.25, 0.3) is 0 Å². The molecule has 2 aromatic rings. The predicted molar refractivity (Wildman–Crippen MR) is 96.6 cm³/mol. The van der Waals surface area contributed by atoms with Gasteiger partial charge in [-0.05, 0) is 36.6 Å². The number of halogens is 1. The van der Waals surface area contributed by atoms with Gasteiger partial charge in [0, 0.05) is 16.5 Å². The molecule has 0 saturated carbocycles. The minimum atomic E-state index is -0.0708. The van der Waals surface area contributed by atoms with Crippen molar-refractivity contribution in [3.05, 3.63) is 64.7 Å². The summed E-state index contributed by atoms with van der Waals surface area (Å²) >= 11 is 7.76. The summed E-state index contributed by atoms with van der Waals surface area (Å²) in [4.78, 5) is 12.5. The van der Waals surface area contributed by atoms with Crippen LogP contribution < -0.4 is 5.32 Å². The molecule has 0 fully saturated rings. The van der Waals surface area contributed by atoms with E-state index in [2.05, 4.69) is 17.4 Å². The van der Waals surface area contributed by atoms with Crippen LogP contribution in [0.3, 0.4) is 0 Å². The topological polar surface area (TPSA) is 29.1 Å². The molecule has 0 aliphatic heterocycles. The highest BCUT2D eigenvalue weighted by atomic mass is 35.5. The van der Waals surface area contributed by atoms with Gasteiger partial charge >= 0.3 is 0 Å². The van der Waals surface area contributed by atoms with Gasteiger partial charge in [0.2, 0.25) is 5.91 Å². The van der Waals surface area contributed by atoms with Crippen LogP contribution in [0.25, 0.3) is 0 Å². The molecule has 4 heteroatoms. The summed E-state index contributed by atoms with van der Waals surface area (Å²) in [6, 6.07) is 15.8. The Bertz CT molecular complexity index is 630. The summed E-state index contributed by atoms with van der Waals surface area (Å²) in [6.07, 6.45) is 0.795. The normalized spacial score (nSPS) is 12.0. The number of hydrogen-bond donors (Lipinski definition) is 1. The van der Waals surface area contributed by atoms with E-state index in [1.807, 2.05) is 50.2 Å². The van der Waals surface area contributed by atoms with Crippen molar-refractivity contribution in [1.29, 1.82) is 0 Å². The van der Waals surface area contributed by atoms with Gasteiger partial charge in [-0.1, -0.05) is 54.9 Å². The summed E-state index contributed by atoms with van der Waals surface area (Å²) < 4.78 is 0. The number of anilines is 1. The van der Waals surface area contributed by atoms with E-state index in [9.17, 15) is 4.79 Å². The van der Waals surface area contributed by atoms with Crippen LogP contribution >= 0.6 is 23.4 Å². The molecule has 116 valence electrons. The van der Waals surface area contributed by atoms with Gasteiger partial charge < -0.3 is 5.32 Å². The molecule has 0 aliphatic carbocycles. The highest BCUT2D eigenvalue weighted by Crippen LogP contribution is 2.25. The van der Waals surface area contributed by atoms with Crippen LogP contribution in [0.2, 0.25) is 5.02 Å². The first-order chi connectivity index (χ1) is 10.6. The van der Waals surface area contributed by atoms with Gasteiger partial charge in [-0.25, -0.2) is 0 Å². The van der Waals surface area contributed by atoms with Crippen LogP contribution in [0.15, 0.2) is 48.5 Å². The molecule has 1 amide bonds. The number of benzene rings is 2. The fourth-order valence-electron chi connectivity index (χ4n) is 2.11. The molecular weight excluding hydrogens is 314 g/mol. The molecule has 0 aromatic heterocycles. The van der Waals surface area contributed by atoms with Crippen LogP contribution in [0.5, 0.6) is 0 Å². The minimum absolute atomic E-state index is 0.0359. The number of hydrogen-bond acceptors (Lipinski definition) is 2. The first-order valence-corrected chi connectivity index (χ1v) is 8.76. The molecule has 0 spiro atoms. The molecule has 1 N–H and O–H groups in total. The van der Waals surface area contributed by atoms with Gasteiger partial charge in [0.1, 0.15) is 0 Å². The van der Waals surface area contributed by atoms with Crippen molar-refractivity contribution in [3.63, 3.8) is 0 Å². The molecule has 1 unspecified atom stereocenters. The zero-order chi connectivity index (χ0) is 15.9. The molecule has 0 saturated heterocycles. The van der Waals surface area contributed by atoms with Crippen molar-refractivity contribution in [3.8, 4) is 0 Å². The first kappa shape index (κ1) is 16.9. The van der Waals surface area contributed by atoms with E-state index in [0.29, 0.717) is 5.02 Å². The van der Waals surface area contributed by atoms with Gasteiger partial charge in [-0.15, -0.1) is 11.8 Å². The Morgan fingerprint density at radius 2 is 1.91 bits per heavy atom. The lowest BCUT2D eigenvalue weighted by atomic mass is 10.2. The van der Waals surface area contributed by atoms with Crippen molar-refractivity contribution in [2.75, 3.05) is 5.32 Å². The summed E-state index contributed by atoms with van der Waals surface area (Å²) in [7, 11) is 0. The fourth-order valence-corrected chi connectivity index (χ4v) is 3.31. The van der Waals surface area contributed by atoms with E-state index in [1.54, 1.807) is 11.8 Å². The number of nitrogens with one attached hydrogen (secondary N) is 1. The van der Waals surface area contributed by atoms with E-state index >= 15 is 0 Å². The molecule has 2 aromatic carbocycles. The van der Waals surface area contributed by atoms with Crippen molar-refractivity contribution < 1.29 is 4.79 Å². The Balaban J connectivity index is 1.98. The predicted octanol–water partition coefficient (Wildman–Crippen LogP) is 5.30. The first-order valence-electron chi connectivity index (χ1n) is 7.33. The van der Waals surface area contributed by atoms with Crippen LogP contribution in [-0.4, -0.2) is 11.2 Å². The molecule has 1 atom stereocenters. The van der Waals surface area contributed by atoms with Gasteiger partial charge in [0.15, 0.2) is 0 Å². The highest BCUT2D eigenvalue weighted by molar-refractivity contribution is 7.99. The molecular formula is C18H20ClNOS. The van der Waals surface area contributed by atoms with Crippen LogP contribution in [0.1, 0.15) is 24.5 Å². The van der Waals surface area contributed by atoms with Crippen LogP contribution in [-0.2, 0) is 10.5 Å². The minimum Gasteiger partial charge on any atom is -0.325 e. The second-order valence-corrected chi connectivity index (χ2v) is 6.69. The molecule has 2 rings (SSSR count). The summed E-state index contributed by atoms with van der Waals surface area (Å²) in [6.45, 7) is 3.95. The summed E-state index contributed by atoms with van der Waals surface area (Å²) in [5.41, 5.74) is 2.93. The average Bonchev–Trinajstić information content (AvgIpc) is 2.53. The number of rotatable bonds is 6. The number of carbonyl (C=O) groups is 1. The number of thioether (sulfide) groups is 1. The molecule has 0 bridgehead atoms. The van der Waals surface area contributed by atoms with E-state index in [-0.39, 0.29) is 11.2 Å². The zero-order valence-corrected chi connectivity index (χ0v) is 14.4. The third-order valence-corrected chi connectivity index (χ3v) is 5.34. The maximum atomic E-state index is 12.5. The quantitative estimate of drug-likeness (QED) is 0.777. The third-order valence-electron chi connectivity index (χ3n) is 3.48. The van der Waals surface area contributed by atoms with Crippen molar-refractivity contribution in [2.24, 2.45) is 0 Å². The van der Waals surface area contributed by atoms with E-state index < -0.39 is 0 Å². The average molecular weight is 334 g/mol. The van der Waals surface area contributed by atoms with Crippen molar-refractivity contribution in [1.82, 2.24) is 0 Å². The Hall–Kier alpha value is -1.45. The molecule has 0 radical (unpaired) electrons. The van der Waals surface area contributed by atoms with Gasteiger partial charge in [-0.3, -0.25) is 4.79 Å². The molecule has 0 aliphatic rings. The number of amides is 1. The Kier molecular flexibility index (Phi) is 6.34. The molecule has 2 nitrogen and oxygen atoms in total. The standard InChI is InChI=1S/C18H20ClNOS/c1-3-17(22-12-14-8-5-4-6-9-14)18(21)20-16-11-7-10-15(19)13(16)2/h4-11,17H,3,12H2,1-2H3,(H,20,21). The maximum Gasteiger partial charge on any atom is 0.237 e. The highest BCUT2D eigenvalue weighted by Gasteiger charge is 2.18. The Morgan fingerprint density at radius 3 is 2.59 bits per heavy atom. The lowest BCUT2D eigenvalue weighted by Gasteiger charge is -2.16. The summed E-state index contributed by atoms with van der Waals surface area (Å²) in [5, 5.41) is 3.59. The van der Waals surface area contributed by atoms with Gasteiger partial charge in [-0.2, -0.15) is 0 Å². The second-order valence-electron chi connectivity index (χ2n) is 5.10. The van der Waals surface area contributed by atoms with E-state index in [4.69, 9.17) is 11.6 Å². The molecule has 22 heavy (non-hydrogen) atoms. The van der Waals surface area contributed by atoms with E-state index in [0.717, 1.165) is 23.4 Å². The van der Waals surface area contributed by atoms with E-state index in [1.165, 1.54) is 5.56 Å². The maximum absolute atomic E-state index is 12.5.